The molecule has 0 radical (unpaired) electrons. The second-order valence-corrected chi connectivity index (χ2v) is 6.21. The van der Waals surface area contributed by atoms with Crippen molar-refractivity contribution in [3.05, 3.63) is 58.7 Å². The van der Waals surface area contributed by atoms with Crippen LogP contribution in [-0.2, 0) is 4.79 Å². The number of hydrogen-bond acceptors (Lipinski definition) is 3. The Balaban J connectivity index is 1.83. The van der Waals surface area contributed by atoms with Gasteiger partial charge in [0.05, 0.1) is 16.8 Å². The van der Waals surface area contributed by atoms with Crippen LogP contribution in [-0.4, -0.2) is 16.6 Å². The van der Waals surface area contributed by atoms with E-state index in [1.807, 2.05) is 49.4 Å². The molecule has 5 heteroatoms. The molecule has 0 aliphatic carbocycles. The predicted molar refractivity (Wildman–Crippen MR) is 85.7 cm³/mol. The summed E-state index contributed by atoms with van der Waals surface area (Å²) in [5.74, 6) is 0.383. The van der Waals surface area contributed by atoms with Gasteiger partial charge in [-0.05, 0) is 36.8 Å². The molecule has 1 N–H and O–H groups in total. The molecule has 0 bridgehead atoms. The Hall–Kier alpha value is -1.33. The summed E-state index contributed by atoms with van der Waals surface area (Å²) in [5.41, 5.74) is 1.09. The molecule has 20 heavy (non-hydrogen) atoms. The Morgan fingerprint density at radius 2 is 2.05 bits per heavy atom. The lowest BCUT2D eigenvalue weighted by molar-refractivity contribution is -0.119. The summed E-state index contributed by atoms with van der Waals surface area (Å²) in [4.78, 5) is 16.1. The summed E-state index contributed by atoms with van der Waals surface area (Å²) in [5, 5.41) is 3.84. The molecule has 0 saturated heterocycles. The number of carbonyl (C=O) groups is 1. The zero-order valence-corrected chi connectivity index (χ0v) is 13.4. The molecule has 1 atom stereocenters. The van der Waals surface area contributed by atoms with E-state index in [-0.39, 0.29) is 11.9 Å². The van der Waals surface area contributed by atoms with Gasteiger partial charge in [0, 0.05) is 10.7 Å². The second-order valence-electron chi connectivity index (χ2n) is 4.30. The van der Waals surface area contributed by atoms with Crippen LogP contribution in [0.25, 0.3) is 0 Å². The van der Waals surface area contributed by atoms with Crippen LogP contribution >= 0.6 is 27.7 Å². The number of pyridine rings is 1. The number of halogens is 1. The summed E-state index contributed by atoms with van der Waals surface area (Å²) in [6.45, 7) is 1.98. The van der Waals surface area contributed by atoms with E-state index in [2.05, 4.69) is 26.2 Å². The second kappa shape index (κ2) is 7.45. The molecule has 1 heterocycles. The monoisotopic (exact) mass is 350 g/mol. The maximum absolute atomic E-state index is 11.9. The fourth-order valence-electron chi connectivity index (χ4n) is 1.69. The van der Waals surface area contributed by atoms with E-state index >= 15 is 0 Å². The van der Waals surface area contributed by atoms with Crippen molar-refractivity contribution < 1.29 is 4.79 Å². The van der Waals surface area contributed by atoms with E-state index < -0.39 is 0 Å². The van der Waals surface area contributed by atoms with E-state index in [4.69, 9.17) is 0 Å². The molecular formula is C15H15BrN2OS. The summed E-state index contributed by atoms with van der Waals surface area (Å²) >= 11 is 4.84. The number of nitrogens with one attached hydrogen (secondary N) is 1. The molecule has 1 unspecified atom stereocenters. The number of hydrogen-bond donors (Lipinski definition) is 1. The Morgan fingerprint density at radius 1 is 1.30 bits per heavy atom. The average Bonchev–Trinajstić information content (AvgIpc) is 2.47. The maximum Gasteiger partial charge on any atom is 0.230 e. The molecule has 3 nitrogen and oxygen atoms in total. The van der Waals surface area contributed by atoms with Crippen molar-refractivity contribution in [3.8, 4) is 0 Å². The first-order valence-electron chi connectivity index (χ1n) is 6.24. The topological polar surface area (TPSA) is 42.0 Å². The number of carbonyl (C=O) groups excluding carboxylic acids is 1. The van der Waals surface area contributed by atoms with Crippen LogP contribution < -0.4 is 5.32 Å². The third-order valence-electron chi connectivity index (χ3n) is 2.74. The van der Waals surface area contributed by atoms with Crippen LogP contribution in [0.2, 0.25) is 0 Å². The first-order valence-corrected chi connectivity index (χ1v) is 8.01. The van der Waals surface area contributed by atoms with Gasteiger partial charge in [0.1, 0.15) is 0 Å². The first kappa shape index (κ1) is 15.1. The number of thioether (sulfide) groups is 1. The predicted octanol–water partition coefficient (Wildman–Crippen LogP) is 3.81. The smallest absolute Gasteiger partial charge is 0.230 e. The minimum atomic E-state index is -0.0000625. The van der Waals surface area contributed by atoms with Crippen LogP contribution in [0.5, 0.6) is 0 Å². The molecule has 2 rings (SSSR count). The number of amides is 1. The molecule has 0 fully saturated rings. The minimum Gasteiger partial charge on any atom is -0.349 e. The van der Waals surface area contributed by atoms with Crippen LogP contribution in [0.4, 0.5) is 0 Å². The van der Waals surface area contributed by atoms with Gasteiger partial charge >= 0.3 is 0 Å². The quantitative estimate of drug-likeness (QED) is 0.833. The van der Waals surface area contributed by atoms with Gasteiger partial charge < -0.3 is 5.32 Å². The Bertz CT molecular complexity index is 560. The van der Waals surface area contributed by atoms with E-state index in [0.717, 1.165) is 15.1 Å². The van der Waals surface area contributed by atoms with Gasteiger partial charge in [-0.15, -0.1) is 0 Å². The zero-order valence-electron chi connectivity index (χ0n) is 11.0. The summed E-state index contributed by atoms with van der Waals surface area (Å²) in [7, 11) is 0. The largest absolute Gasteiger partial charge is 0.349 e. The molecule has 0 spiro atoms. The standard InChI is InChI=1S/C15H15BrN2OS/c1-11(12-5-7-13(16)8-6-12)18-14(19)10-20-15-4-2-3-9-17-15/h2-9,11H,10H2,1H3,(H,18,19). The van der Waals surface area contributed by atoms with E-state index in [1.165, 1.54) is 11.8 Å². The van der Waals surface area contributed by atoms with Crippen molar-refractivity contribution in [1.29, 1.82) is 0 Å². The van der Waals surface area contributed by atoms with Gasteiger partial charge in [-0.25, -0.2) is 4.98 Å². The van der Waals surface area contributed by atoms with Crippen LogP contribution in [0.3, 0.4) is 0 Å². The highest BCUT2D eigenvalue weighted by Gasteiger charge is 2.10. The zero-order chi connectivity index (χ0) is 14.4. The lowest BCUT2D eigenvalue weighted by atomic mass is 10.1. The summed E-state index contributed by atoms with van der Waals surface area (Å²) in [6.07, 6.45) is 1.73. The van der Waals surface area contributed by atoms with Crippen molar-refractivity contribution in [3.63, 3.8) is 0 Å². The number of nitrogens with zero attached hydrogens (tertiary/aromatic N) is 1. The first-order chi connectivity index (χ1) is 9.65. The van der Waals surface area contributed by atoms with Gasteiger partial charge in [-0.3, -0.25) is 4.79 Å². The van der Waals surface area contributed by atoms with Crippen LogP contribution in [0.15, 0.2) is 58.2 Å². The van der Waals surface area contributed by atoms with Gasteiger partial charge in [0.15, 0.2) is 0 Å². The fourth-order valence-corrected chi connectivity index (χ4v) is 2.63. The molecule has 0 aliphatic heterocycles. The summed E-state index contributed by atoms with van der Waals surface area (Å²) in [6, 6.07) is 13.6. The summed E-state index contributed by atoms with van der Waals surface area (Å²) < 4.78 is 1.03. The van der Waals surface area contributed by atoms with E-state index in [9.17, 15) is 4.79 Å². The lowest BCUT2D eigenvalue weighted by Gasteiger charge is -2.14. The molecule has 0 aliphatic rings. The third-order valence-corrected chi connectivity index (χ3v) is 4.21. The van der Waals surface area contributed by atoms with E-state index in [0.29, 0.717) is 5.75 Å². The highest BCUT2D eigenvalue weighted by molar-refractivity contribution is 9.10. The van der Waals surface area contributed by atoms with Crippen molar-refractivity contribution >= 4 is 33.6 Å². The van der Waals surface area contributed by atoms with Gasteiger partial charge in [-0.2, -0.15) is 0 Å². The van der Waals surface area contributed by atoms with Crippen molar-refractivity contribution in [2.24, 2.45) is 0 Å². The molecule has 1 aromatic carbocycles. The van der Waals surface area contributed by atoms with Gasteiger partial charge in [0.2, 0.25) is 5.91 Å². The highest BCUT2D eigenvalue weighted by Crippen LogP contribution is 2.17. The van der Waals surface area contributed by atoms with Crippen molar-refractivity contribution in [2.45, 2.75) is 18.0 Å². The van der Waals surface area contributed by atoms with Gasteiger partial charge in [0.25, 0.3) is 0 Å². The molecule has 0 saturated carbocycles. The Kier molecular flexibility index (Phi) is 5.61. The van der Waals surface area contributed by atoms with Crippen LogP contribution in [0, 0.1) is 0 Å². The van der Waals surface area contributed by atoms with Crippen molar-refractivity contribution in [2.75, 3.05) is 5.75 Å². The third kappa shape index (κ3) is 4.65. The molecular weight excluding hydrogens is 336 g/mol. The van der Waals surface area contributed by atoms with E-state index in [1.54, 1.807) is 6.20 Å². The van der Waals surface area contributed by atoms with Crippen molar-refractivity contribution in [1.82, 2.24) is 10.3 Å². The molecule has 2 aromatic rings. The highest BCUT2D eigenvalue weighted by atomic mass is 79.9. The Labute approximate surface area is 131 Å². The number of benzene rings is 1. The lowest BCUT2D eigenvalue weighted by Crippen LogP contribution is -2.28. The maximum atomic E-state index is 11.9. The fraction of sp³-hybridized carbons (Fsp3) is 0.200. The van der Waals surface area contributed by atoms with Gasteiger partial charge in [-0.1, -0.05) is 45.9 Å². The number of aromatic nitrogens is 1. The molecule has 1 amide bonds. The normalized spacial score (nSPS) is 11.9. The van der Waals surface area contributed by atoms with Crippen LogP contribution in [0.1, 0.15) is 18.5 Å². The molecule has 104 valence electrons. The molecule has 1 aromatic heterocycles. The Morgan fingerprint density at radius 3 is 2.70 bits per heavy atom. The minimum absolute atomic E-state index is 0.0000625. The SMILES string of the molecule is CC(NC(=O)CSc1ccccn1)c1ccc(Br)cc1. The number of rotatable bonds is 5. The average molecular weight is 351 g/mol.